The molecule has 0 aliphatic carbocycles. The van der Waals surface area contributed by atoms with Gasteiger partial charge in [0.2, 0.25) is 0 Å². The maximum absolute atomic E-state index is 11.2. The number of unbranched alkanes of at least 4 members (excludes halogenated alkanes) is 6. The summed E-state index contributed by atoms with van der Waals surface area (Å²) in [5.41, 5.74) is 0. The van der Waals surface area contributed by atoms with E-state index in [4.69, 9.17) is 14.2 Å². The van der Waals surface area contributed by atoms with Gasteiger partial charge >= 0.3 is 5.97 Å². The highest BCUT2D eigenvalue weighted by molar-refractivity contribution is 5.70. The third kappa shape index (κ3) is 13.5. The lowest BCUT2D eigenvalue weighted by molar-refractivity contribution is -0.149. The van der Waals surface area contributed by atoms with Gasteiger partial charge in [-0.25, -0.2) is 4.79 Å². The molecule has 4 nitrogen and oxygen atoms in total. The molecule has 0 radical (unpaired) electrons. The Morgan fingerprint density at radius 3 is 2.22 bits per heavy atom. The normalized spacial score (nSPS) is 10.6. The Hall–Kier alpha value is -0.610. The second-order valence-electron chi connectivity index (χ2n) is 4.39. The molecule has 0 aromatic heterocycles. The van der Waals surface area contributed by atoms with Gasteiger partial charge in [0.15, 0.2) is 0 Å². The van der Waals surface area contributed by atoms with E-state index in [9.17, 15) is 4.79 Å². The van der Waals surface area contributed by atoms with E-state index < -0.39 is 0 Å². The zero-order chi connectivity index (χ0) is 13.5. The van der Waals surface area contributed by atoms with Crippen LogP contribution < -0.4 is 0 Å². The van der Waals surface area contributed by atoms with E-state index in [0.717, 1.165) is 12.8 Å². The molecule has 0 heterocycles. The van der Waals surface area contributed by atoms with Gasteiger partial charge in [-0.1, -0.05) is 45.4 Å². The zero-order valence-corrected chi connectivity index (χ0v) is 11.9. The van der Waals surface area contributed by atoms with E-state index in [1.807, 2.05) is 0 Å². The number of rotatable bonds is 13. The summed E-state index contributed by atoms with van der Waals surface area (Å²) >= 11 is 0. The number of methoxy groups -OCH3 is 1. The zero-order valence-electron chi connectivity index (χ0n) is 11.9. The minimum atomic E-state index is -0.280. The van der Waals surface area contributed by atoms with Crippen molar-refractivity contribution in [1.29, 1.82) is 0 Å². The van der Waals surface area contributed by atoms with Crippen molar-refractivity contribution in [3.05, 3.63) is 0 Å². The van der Waals surface area contributed by atoms with E-state index in [1.165, 1.54) is 32.1 Å². The number of ether oxygens (including phenoxy) is 3. The van der Waals surface area contributed by atoms with Crippen molar-refractivity contribution >= 4 is 5.97 Å². The number of hydrogen-bond donors (Lipinski definition) is 0. The molecule has 0 fully saturated rings. The highest BCUT2D eigenvalue weighted by Gasteiger charge is 2.02. The average molecular weight is 260 g/mol. The monoisotopic (exact) mass is 260 g/mol. The third-order valence-corrected chi connectivity index (χ3v) is 2.66. The topological polar surface area (TPSA) is 44.8 Å². The number of carbonyl (C=O) groups is 1. The van der Waals surface area contributed by atoms with Gasteiger partial charge in [-0.3, -0.25) is 0 Å². The van der Waals surface area contributed by atoms with E-state index in [2.05, 4.69) is 6.92 Å². The number of hydrogen-bond acceptors (Lipinski definition) is 4. The van der Waals surface area contributed by atoms with Gasteiger partial charge in [0, 0.05) is 7.11 Å². The largest absolute Gasteiger partial charge is 0.464 e. The van der Waals surface area contributed by atoms with Crippen LogP contribution >= 0.6 is 0 Å². The lowest BCUT2D eigenvalue weighted by Crippen LogP contribution is -2.15. The van der Waals surface area contributed by atoms with Gasteiger partial charge in [-0.2, -0.15) is 0 Å². The first-order valence-electron chi connectivity index (χ1n) is 7.03. The fraction of sp³-hybridized carbons (Fsp3) is 0.929. The molecule has 0 unspecified atom stereocenters. The molecular formula is C14H28O4. The third-order valence-electron chi connectivity index (χ3n) is 2.66. The first-order valence-corrected chi connectivity index (χ1v) is 7.03. The van der Waals surface area contributed by atoms with Crippen LogP contribution in [-0.4, -0.2) is 39.5 Å². The Balaban J connectivity index is 3.10. The number of esters is 1. The lowest BCUT2D eigenvalue weighted by Gasteiger charge is -2.05. The molecule has 0 aliphatic heterocycles. The molecule has 0 aliphatic rings. The van der Waals surface area contributed by atoms with Crippen LogP contribution in [0.15, 0.2) is 0 Å². The summed E-state index contributed by atoms with van der Waals surface area (Å²) in [6, 6.07) is 0. The second kappa shape index (κ2) is 14.5. The molecule has 0 saturated heterocycles. The van der Waals surface area contributed by atoms with E-state index in [-0.39, 0.29) is 12.6 Å². The quantitative estimate of drug-likeness (QED) is 0.377. The molecule has 0 aromatic carbocycles. The smallest absolute Gasteiger partial charge is 0.332 e. The fourth-order valence-electron chi connectivity index (χ4n) is 1.58. The van der Waals surface area contributed by atoms with Crippen LogP contribution in [0, 0.1) is 0 Å². The summed E-state index contributed by atoms with van der Waals surface area (Å²) in [7, 11) is 1.60. The fourth-order valence-corrected chi connectivity index (χ4v) is 1.58. The first kappa shape index (κ1) is 17.4. The van der Waals surface area contributed by atoms with Crippen molar-refractivity contribution < 1.29 is 19.0 Å². The van der Waals surface area contributed by atoms with Crippen molar-refractivity contribution in [1.82, 2.24) is 0 Å². The summed E-state index contributed by atoms with van der Waals surface area (Å²) < 4.78 is 14.9. The highest BCUT2D eigenvalue weighted by Crippen LogP contribution is 2.06. The maximum atomic E-state index is 11.2. The Kier molecular flexibility index (Phi) is 14.0. The van der Waals surface area contributed by atoms with Crippen molar-refractivity contribution in [3.8, 4) is 0 Å². The summed E-state index contributed by atoms with van der Waals surface area (Å²) in [5.74, 6) is -0.280. The minimum Gasteiger partial charge on any atom is -0.464 e. The molecule has 0 amide bonds. The summed E-state index contributed by atoms with van der Waals surface area (Å²) in [4.78, 5) is 11.2. The molecular weight excluding hydrogens is 232 g/mol. The van der Waals surface area contributed by atoms with Gasteiger partial charge in [0.1, 0.15) is 6.61 Å². The minimum absolute atomic E-state index is 0.0276. The molecule has 0 rings (SSSR count). The van der Waals surface area contributed by atoms with Crippen LogP contribution in [0.5, 0.6) is 0 Å². The Bertz CT molecular complexity index is 183. The van der Waals surface area contributed by atoms with Crippen molar-refractivity contribution in [3.63, 3.8) is 0 Å². The molecule has 4 heteroatoms. The molecule has 0 atom stereocenters. The molecule has 0 N–H and O–H groups in total. The lowest BCUT2D eigenvalue weighted by atomic mass is 10.1. The summed E-state index contributed by atoms with van der Waals surface area (Å²) in [6.45, 7) is 3.70. The van der Waals surface area contributed by atoms with Gasteiger partial charge in [0.05, 0.1) is 19.8 Å². The summed E-state index contributed by atoms with van der Waals surface area (Å²) in [6.07, 6.45) is 8.55. The van der Waals surface area contributed by atoms with E-state index in [1.54, 1.807) is 7.11 Å². The van der Waals surface area contributed by atoms with Crippen LogP contribution in [-0.2, 0) is 19.0 Å². The predicted octanol–water partition coefficient (Wildman–Crippen LogP) is 2.94. The van der Waals surface area contributed by atoms with Gasteiger partial charge in [0.25, 0.3) is 0 Å². The second-order valence-corrected chi connectivity index (χ2v) is 4.39. The summed E-state index contributed by atoms with van der Waals surface area (Å²) in [5, 5.41) is 0. The average Bonchev–Trinajstić information content (AvgIpc) is 2.38. The van der Waals surface area contributed by atoms with Gasteiger partial charge < -0.3 is 14.2 Å². The van der Waals surface area contributed by atoms with Gasteiger partial charge in [-0.15, -0.1) is 0 Å². The molecule has 108 valence electrons. The Morgan fingerprint density at radius 2 is 1.56 bits per heavy atom. The van der Waals surface area contributed by atoms with Gasteiger partial charge in [-0.05, 0) is 6.42 Å². The first-order chi connectivity index (χ1) is 8.81. The van der Waals surface area contributed by atoms with Crippen molar-refractivity contribution in [2.75, 3.05) is 33.5 Å². The predicted molar refractivity (Wildman–Crippen MR) is 71.6 cm³/mol. The molecule has 0 bridgehead atoms. The van der Waals surface area contributed by atoms with Crippen molar-refractivity contribution in [2.24, 2.45) is 0 Å². The van der Waals surface area contributed by atoms with Crippen LogP contribution in [0.1, 0.15) is 51.9 Å². The standard InChI is InChI=1S/C14H28O4/c1-3-4-5-6-7-8-9-10-18-14(15)13-17-12-11-16-2/h3-13H2,1-2H3. The maximum Gasteiger partial charge on any atom is 0.332 e. The molecule has 0 saturated carbocycles. The molecule has 0 aromatic rings. The van der Waals surface area contributed by atoms with E-state index in [0.29, 0.717) is 19.8 Å². The van der Waals surface area contributed by atoms with Crippen LogP contribution in [0.25, 0.3) is 0 Å². The number of carbonyl (C=O) groups excluding carboxylic acids is 1. The molecule has 0 spiro atoms. The Labute approximate surface area is 111 Å². The van der Waals surface area contributed by atoms with Crippen molar-refractivity contribution in [2.45, 2.75) is 51.9 Å². The Morgan fingerprint density at radius 1 is 0.889 bits per heavy atom. The van der Waals surface area contributed by atoms with E-state index >= 15 is 0 Å². The highest BCUT2D eigenvalue weighted by atomic mass is 16.6. The SMILES string of the molecule is CCCCCCCCCOC(=O)COCCOC. The van der Waals surface area contributed by atoms with Crippen LogP contribution in [0.2, 0.25) is 0 Å². The molecule has 18 heavy (non-hydrogen) atoms. The van der Waals surface area contributed by atoms with Crippen LogP contribution in [0.3, 0.4) is 0 Å². The van der Waals surface area contributed by atoms with Crippen LogP contribution in [0.4, 0.5) is 0 Å².